The summed E-state index contributed by atoms with van der Waals surface area (Å²) in [5.41, 5.74) is 0.569. The second-order valence-corrected chi connectivity index (χ2v) is 6.36. The lowest BCUT2D eigenvalue weighted by Gasteiger charge is -2.34. The first-order valence-corrected chi connectivity index (χ1v) is 9.13. The molecule has 0 unspecified atom stereocenters. The normalized spacial score (nSPS) is 14.7. The van der Waals surface area contributed by atoms with Crippen molar-refractivity contribution in [3.8, 4) is 17.2 Å². The van der Waals surface area contributed by atoms with E-state index in [1.807, 2.05) is 35.2 Å². The van der Waals surface area contributed by atoms with Gasteiger partial charge < -0.3 is 19.1 Å². The fraction of sp³-hybridized carbons (Fsp3) is 0.381. The van der Waals surface area contributed by atoms with Crippen LogP contribution in [0.2, 0.25) is 0 Å². The maximum absolute atomic E-state index is 12.8. The Morgan fingerprint density at radius 2 is 1.67 bits per heavy atom. The molecule has 6 heteroatoms. The Morgan fingerprint density at radius 1 is 0.926 bits per heavy atom. The molecule has 0 N–H and O–H groups in total. The van der Waals surface area contributed by atoms with E-state index in [1.165, 1.54) is 0 Å². The van der Waals surface area contributed by atoms with Crippen molar-refractivity contribution < 1.29 is 19.0 Å². The lowest BCUT2D eigenvalue weighted by molar-refractivity contribution is 0.0617. The summed E-state index contributed by atoms with van der Waals surface area (Å²) in [5.74, 6) is 2.09. The third kappa shape index (κ3) is 4.92. The lowest BCUT2D eigenvalue weighted by atomic mass is 10.1. The number of hydrogen-bond donors (Lipinski definition) is 0. The van der Waals surface area contributed by atoms with Gasteiger partial charge in [-0.05, 0) is 24.3 Å². The van der Waals surface area contributed by atoms with E-state index in [1.54, 1.807) is 32.4 Å². The van der Waals surface area contributed by atoms with E-state index in [9.17, 15) is 4.79 Å². The zero-order chi connectivity index (χ0) is 19.1. The smallest absolute Gasteiger partial charge is 0.257 e. The average molecular weight is 370 g/mol. The number of amides is 1. The Kier molecular flexibility index (Phi) is 6.54. The molecule has 0 atom stereocenters. The van der Waals surface area contributed by atoms with Crippen molar-refractivity contribution in [2.45, 2.75) is 0 Å². The van der Waals surface area contributed by atoms with Gasteiger partial charge in [-0.2, -0.15) is 0 Å². The molecular weight excluding hydrogens is 344 g/mol. The molecule has 1 aliphatic heterocycles. The topological polar surface area (TPSA) is 51.2 Å². The summed E-state index contributed by atoms with van der Waals surface area (Å²) in [6.07, 6.45) is 0. The molecule has 0 bridgehead atoms. The second-order valence-electron chi connectivity index (χ2n) is 6.36. The number of benzene rings is 2. The standard InChI is InChI=1S/C21H26N2O4/c1-25-18-8-9-19(20(16-18)26-2)21(24)23-12-10-22(11-13-23)14-15-27-17-6-4-3-5-7-17/h3-9,16H,10-15H2,1-2H3. The minimum absolute atomic E-state index is 0.00492. The minimum atomic E-state index is -0.00492. The van der Waals surface area contributed by atoms with Gasteiger partial charge in [0, 0.05) is 38.8 Å². The molecule has 1 saturated heterocycles. The number of ether oxygens (including phenoxy) is 3. The SMILES string of the molecule is COc1ccc(C(=O)N2CCN(CCOc3ccccc3)CC2)c(OC)c1. The van der Waals surface area contributed by atoms with E-state index in [0.29, 0.717) is 36.8 Å². The largest absolute Gasteiger partial charge is 0.497 e. The molecule has 0 spiro atoms. The first-order valence-electron chi connectivity index (χ1n) is 9.13. The third-order valence-electron chi connectivity index (χ3n) is 4.72. The van der Waals surface area contributed by atoms with Crippen LogP contribution in [0.25, 0.3) is 0 Å². The highest BCUT2D eigenvalue weighted by atomic mass is 16.5. The maximum atomic E-state index is 12.8. The van der Waals surface area contributed by atoms with Gasteiger partial charge in [0.2, 0.25) is 0 Å². The fourth-order valence-electron chi connectivity index (χ4n) is 3.13. The van der Waals surface area contributed by atoms with Gasteiger partial charge in [0.15, 0.2) is 0 Å². The Hall–Kier alpha value is -2.73. The van der Waals surface area contributed by atoms with Crippen molar-refractivity contribution in [1.82, 2.24) is 9.80 Å². The van der Waals surface area contributed by atoms with E-state index in [0.717, 1.165) is 25.4 Å². The molecule has 0 radical (unpaired) electrons. The van der Waals surface area contributed by atoms with Gasteiger partial charge in [-0.15, -0.1) is 0 Å². The first-order chi connectivity index (χ1) is 13.2. The number of nitrogens with zero attached hydrogens (tertiary/aromatic N) is 2. The molecule has 27 heavy (non-hydrogen) atoms. The molecule has 0 saturated carbocycles. The number of carbonyl (C=O) groups is 1. The molecule has 1 fully saturated rings. The van der Waals surface area contributed by atoms with E-state index >= 15 is 0 Å². The van der Waals surface area contributed by atoms with E-state index in [4.69, 9.17) is 14.2 Å². The molecule has 2 aromatic carbocycles. The van der Waals surface area contributed by atoms with E-state index in [2.05, 4.69) is 4.90 Å². The summed E-state index contributed by atoms with van der Waals surface area (Å²) in [6, 6.07) is 15.1. The number of rotatable bonds is 7. The molecule has 1 heterocycles. The molecule has 1 amide bonds. The van der Waals surface area contributed by atoms with Crippen molar-refractivity contribution in [2.24, 2.45) is 0 Å². The second kappa shape index (κ2) is 9.28. The van der Waals surface area contributed by atoms with Crippen LogP contribution in [0.1, 0.15) is 10.4 Å². The van der Waals surface area contributed by atoms with Crippen molar-refractivity contribution in [3.05, 3.63) is 54.1 Å². The van der Waals surface area contributed by atoms with Crippen LogP contribution in [0.3, 0.4) is 0 Å². The van der Waals surface area contributed by atoms with Gasteiger partial charge >= 0.3 is 0 Å². The van der Waals surface area contributed by atoms with Crippen LogP contribution in [0.4, 0.5) is 0 Å². The lowest BCUT2D eigenvalue weighted by Crippen LogP contribution is -2.49. The predicted molar refractivity (Wildman–Crippen MR) is 104 cm³/mol. The Labute approximate surface area is 160 Å². The summed E-state index contributed by atoms with van der Waals surface area (Å²) in [5, 5.41) is 0. The van der Waals surface area contributed by atoms with Crippen LogP contribution >= 0.6 is 0 Å². The van der Waals surface area contributed by atoms with Gasteiger partial charge in [0.05, 0.1) is 19.8 Å². The summed E-state index contributed by atoms with van der Waals surface area (Å²) >= 11 is 0. The van der Waals surface area contributed by atoms with Crippen molar-refractivity contribution in [2.75, 3.05) is 53.6 Å². The quantitative estimate of drug-likeness (QED) is 0.750. The molecule has 1 aliphatic rings. The summed E-state index contributed by atoms with van der Waals surface area (Å²) < 4.78 is 16.3. The molecule has 144 valence electrons. The van der Waals surface area contributed by atoms with Crippen molar-refractivity contribution >= 4 is 5.91 Å². The number of hydrogen-bond acceptors (Lipinski definition) is 5. The number of carbonyl (C=O) groups excluding carboxylic acids is 1. The van der Waals surface area contributed by atoms with Crippen LogP contribution in [0, 0.1) is 0 Å². The van der Waals surface area contributed by atoms with Crippen molar-refractivity contribution in [3.63, 3.8) is 0 Å². The molecule has 0 aliphatic carbocycles. The zero-order valence-electron chi connectivity index (χ0n) is 15.9. The highest BCUT2D eigenvalue weighted by molar-refractivity contribution is 5.97. The maximum Gasteiger partial charge on any atom is 0.257 e. The van der Waals surface area contributed by atoms with Gasteiger partial charge in [-0.25, -0.2) is 0 Å². The van der Waals surface area contributed by atoms with Crippen molar-refractivity contribution in [1.29, 1.82) is 0 Å². The van der Waals surface area contributed by atoms with Crippen LogP contribution in [-0.2, 0) is 0 Å². The number of methoxy groups -OCH3 is 2. The molecule has 2 aromatic rings. The van der Waals surface area contributed by atoms with E-state index < -0.39 is 0 Å². The molecule has 3 rings (SSSR count). The third-order valence-corrected chi connectivity index (χ3v) is 4.72. The first kappa shape index (κ1) is 19.0. The Morgan fingerprint density at radius 3 is 2.33 bits per heavy atom. The van der Waals surface area contributed by atoms with Gasteiger partial charge in [0.1, 0.15) is 23.9 Å². The van der Waals surface area contributed by atoms with Gasteiger partial charge in [-0.3, -0.25) is 9.69 Å². The summed E-state index contributed by atoms with van der Waals surface area (Å²) in [4.78, 5) is 17.0. The molecule has 6 nitrogen and oxygen atoms in total. The molecule has 0 aromatic heterocycles. The van der Waals surface area contributed by atoms with Gasteiger partial charge in [-0.1, -0.05) is 18.2 Å². The summed E-state index contributed by atoms with van der Waals surface area (Å²) in [7, 11) is 3.16. The monoisotopic (exact) mass is 370 g/mol. The van der Waals surface area contributed by atoms with Gasteiger partial charge in [0.25, 0.3) is 5.91 Å². The predicted octanol–water partition coefficient (Wildman–Crippen LogP) is 2.54. The zero-order valence-corrected chi connectivity index (χ0v) is 15.9. The highest BCUT2D eigenvalue weighted by Crippen LogP contribution is 2.26. The average Bonchev–Trinajstić information content (AvgIpc) is 2.74. The summed E-state index contributed by atoms with van der Waals surface area (Å²) in [6.45, 7) is 4.55. The van der Waals surface area contributed by atoms with Crippen LogP contribution < -0.4 is 14.2 Å². The Balaban J connectivity index is 1.49. The van der Waals surface area contributed by atoms with Crippen LogP contribution in [-0.4, -0.2) is 69.3 Å². The highest BCUT2D eigenvalue weighted by Gasteiger charge is 2.24. The fourth-order valence-corrected chi connectivity index (χ4v) is 3.13. The molecular formula is C21H26N2O4. The number of piperazine rings is 1. The van der Waals surface area contributed by atoms with Crippen LogP contribution in [0.15, 0.2) is 48.5 Å². The Bertz CT molecular complexity index is 743. The van der Waals surface area contributed by atoms with Crippen LogP contribution in [0.5, 0.6) is 17.2 Å². The number of para-hydroxylation sites is 1. The van der Waals surface area contributed by atoms with E-state index in [-0.39, 0.29) is 5.91 Å². The minimum Gasteiger partial charge on any atom is -0.497 e.